The van der Waals surface area contributed by atoms with Gasteiger partial charge in [-0.05, 0) is 45.4 Å². The highest BCUT2D eigenvalue weighted by molar-refractivity contribution is 5.78. The molecule has 2 nitrogen and oxygen atoms in total. The number of benzene rings is 1. The molecule has 1 aromatic carbocycles. The second-order valence-corrected chi connectivity index (χ2v) is 4.58. The topological polar surface area (TPSA) is 24.9 Å². The first-order valence-corrected chi connectivity index (χ1v) is 6.31. The fourth-order valence-electron chi connectivity index (χ4n) is 1.98. The standard InChI is InChI=1S/C15H20N2/c1-12(16-2)6-5-8-14-11-10-13-7-3-4-9-15(13)17-14/h3-4,7,9-12,16H,5-6,8H2,1-2H3. The average molecular weight is 228 g/mol. The molecule has 1 N–H and O–H groups in total. The Morgan fingerprint density at radius 1 is 1.18 bits per heavy atom. The molecular weight excluding hydrogens is 208 g/mol. The van der Waals surface area contributed by atoms with Gasteiger partial charge in [-0.1, -0.05) is 24.3 Å². The van der Waals surface area contributed by atoms with E-state index in [0.29, 0.717) is 6.04 Å². The van der Waals surface area contributed by atoms with Gasteiger partial charge in [0.25, 0.3) is 0 Å². The van der Waals surface area contributed by atoms with Gasteiger partial charge in [-0.25, -0.2) is 0 Å². The molecule has 0 aliphatic heterocycles. The summed E-state index contributed by atoms with van der Waals surface area (Å²) in [7, 11) is 2.01. The first kappa shape index (κ1) is 12.1. The van der Waals surface area contributed by atoms with Crippen LogP contribution in [0.5, 0.6) is 0 Å². The van der Waals surface area contributed by atoms with Gasteiger partial charge in [-0.2, -0.15) is 0 Å². The lowest BCUT2D eigenvalue weighted by atomic mass is 10.1. The monoisotopic (exact) mass is 228 g/mol. The van der Waals surface area contributed by atoms with E-state index in [1.807, 2.05) is 13.1 Å². The van der Waals surface area contributed by atoms with E-state index in [4.69, 9.17) is 0 Å². The number of aryl methyl sites for hydroxylation is 1. The molecule has 1 aromatic heterocycles. The first-order chi connectivity index (χ1) is 8.29. The van der Waals surface area contributed by atoms with Gasteiger partial charge in [-0.3, -0.25) is 4.98 Å². The quantitative estimate of drug-likeness (QED) is 0.850. The number of rotatable bonds is 5. The molecule has 1 atom stereocenters. The van der Waals surface area contributed by atoms with Gasteiger partial charge in [0.2, 0.25) is 0 Å². The fourth-order valence-corrected chi connectivity index (χ4v) is 1.98. The lowest BCUT2D eigenvalue weighted by Crippen LogP contribution is -2.20. The van der Waals surface area contributed by atoms with E-state index in [1.165, 1.54) is 23.9 Å². The van der Waals surface area contributed by atoms with Crippen LogP contribution in [0.2, 0.25) is 0 Å². The Bertz CT molecular complexity index is 479. The van der Waals surface area contributed by atoms with Crippen molar-refractivity contribution in [2.24, 2.45) is 0 Å². The summed E-state index contributed by atoms with van der Waals surface area (Å²) in [6.07, 6.45) is 3.45. The number of nitrogens with one attached hydrogen (secondary N) is 1. The maximum absolute atomic E-state index is 4.68. The van der Waals surface area contributed by atoms with Crippen molar-refractivity contribution in [2.45, 2.75) is 32.2 Å². The molecule has 0 saturated heterocycles. The zero-order valence-corrected chi connectivity index (χ0v) is 10.6. The minimum Gasteiger partial charge on any atom is -0.317 e. The molecule has 17 heavy (non-hydrogen) atoms. The van der Waals surface area contributed by atoms with Crippen molar-refractivity contribution >= 4 is 10.9 Å². The Morgan fingerprint density at radius 3 is 2.82 bits per heavy atom. The zero-order chi connectivity index (χ0) is 12.1. The van der Waals surface area contributed by atoms with E-state index in [-0.39, 0.29) is 0 Å². The summed E-state index contributed by atoms with van der Waals surface area (Å²) in [5, 5.41) is 4.48. The molecule has 2 rings (SSSR count). The van der Waals surface area contributed by atoms with Crippen LogP contribution < -0.4 is 5.32 Å². The highest BCUT2D eigenvalue weighted by Crippen LogP contribution is 2.13. The van der Waals surface area contributed by atoms with Crippen LogP contribution in [-0.2, 0) is 6.42 Å². The summed E-state index contributed by atoms with van der Waals surface area (Å²) in [5.74, 6) is 0. The number of para-hydroxylation sites is 1. The number of fused-ring (bicyclic) bond motifs is 1. The van der Waals surface area contributed by atoms with Crippen molar-refractivity contribution in [3.63, 3.8) is 0 Å². The second-order valence-electron chi connectivity index (χ2n) is 4.58. The molecule has 0 spiro atoms. The molecule has 2 aromatic rings. The predicted molar refractivity (Wildman–Crippen MR) is 73.2 cm³/mol. The summed E-state index contributed by atoms with van der Waals surface area (Å²) in [4.78, 5) is 4.68. The van der Waals surface area contributed by atoms with Crippen molar-refractivity contribution < 1.29 is 0 Å². The van der Waals surface area contributed by atoms with Crippen LogP contribution in [0.25, 0.3) is 10.9 Å². The maximum atomic E-state index is 4.68. The molecular formula is C15H20N2. The maximum Gasteiger partial charge on any atom is 0.0705 e. The van der Waals surface area contributed by atoms with Crippen LogP contribution >= 0.6 is 0 Å². The predicted octanol–water partition coefficient (Wildman–Crippen LogP) is 3.17. The van der Waals surface area contributed by atoms with Gasteiger partial charge in [0.05, 0.1) is 5.52 Å². The van der Waals surface area contributed by atoms with Gasteiger partial charge in [0.1, 0.15) is 0 Å². The molecule has 0 fully saturated rings. The van der Waals surface area contributed by atoms with Crippen molar-refractivity contribution in [3.8, 4) is 0 Å². The third-order valence-corrected chi connectivity index (χ3v) is 3.22. The molecule has 0 amide bonds. The largest absolute Gasteiger partial charge is 0.317 e. The Kier molecular flexibility index (Phi) is 4.10. The third-order valence-electron chi connectivity index (χ3n) is 3.22. The Balaban J connectivity index is 1.99. The first-order valence-electron chi connectivity index (χ1n) is 6.31. The van der Waals surface area contributed by atoms with E-state index in [9.17, 15) is 0 Å². The fraction of sp³-hybridized carbons (Fsp3) is 0.400. The van der Waals surface area contributed by atoms with Crippen molar-refractivity contribution in [1.82, 2.24) is 10.3 Å². The van der Waals surface area contributed by atoms with E-state index in [2.05, 4.69) is 47.6 Å². The van der Waals surface area contributed by atoms with E-state index in [0.717, 1.165) is 11.9 Å². The number of aromatic nitrogens is 1. The molecule has 0 aliphatic rings. The van der Waals surface area contributed by atoms with Crippen LogP contribution in [0.3, 0.4) is 0 Å². The number of hydrogen-bond donors (Lipinski definition) is 1. The highest BCUT2D eigenvalue weighted by Gasteiger charge is 2.01. The minimum atomic E-state index is 0.593. The molecule has 0 radical (unpaired) electrons. The smallest absolute Gasteiger partial charge is 0.0705 e. The molecule has 1 heterocycles. The van der Waals surface area contributed by atoms with Gasteiger partial charge in [0, 0.05) is 17.1 Å². The van der Waals surface area contributed by atoms with Crippen molar-refractivity contribution in [2.75, 3.05) is 7.05 Å². The van der Waals surface area contributed by atoms with Gasteiger partial charge in [0.15, 0.2) is 0 Å². The summed E-state index contributed by atoms with van der Waals surface area (Å²) < 4.78 is 0. The normalized spacial score (nSPS) is 12.8. The summed E-state index contributed by atoms with van der Waals surface area (Å²) in [6.45, 7) is 2.22. The molecule has 0 saturated carbocycles. The summed E-state index contributed by atoms with van der Waals surface area (Å²) in [6, 6.07) is 13.2. The van der Waals surface area contributed by atoms with Crippen LogP contribution in [0.4, 0.5) is 0 Å². The summed E-state index contributed by atoms with van der Waals surface area (Å²) >= 11 is 0. The lowest BCUT2D eigenvalue weighted by molar-refractivity contribution is 0.540. The SMILES string of the molecule is CNC(C)CCCc1ccc2ccccc2n1. The van der Waals surface area contributed by atoms with Crippen molar-refractivity contribution in [1.29, 1.82) is 0 Å². The van der Waals surface area contributed by atoms with Gasteiger partial charge < -0.3 is 5.32 Å². The van der Waals surface area contributed by atoms with Crippen LogP contribution in [0.15, 0.2) is 36.4 Å². The minimum absolute atomic E-state index is 0.593. The summed E-state index contributed by atoms with van der Waals surface area (Å²) in [5.41, 5.74) is 2.30. The third kappa shape index (κ3) is 3.27. The molecule has 90 valence electrons. The van der Waals surface area contributed by atoms with Crippen LogP contribution in [0, 0.1) is 0 Å². The Labute approximate surface area is 103 Å². The lowest BCUT2D eigenvalue weighted by Gasteiger charge is -2.09. The van der Waals surface area contributed by atoms with Gasteiger partial charge >= 0.3 is 0 Å². The van der Waals surface area contributed by atoms with E-state index < -0.39 is 0 Å². The number of pyridine rings is 1. The number of hydrogen-bond acceptors (Lipinski definition) is 2. The Morgan fingerprint density at radius 2 is 2.00 bits per heavy atom. The molecule has 0 bridgehead atoms. The second kappa shape index (κ2) is 5.78. The molecule has 0 aliphatic carbocycles. The zero-order valence-electron chi connectivity index (χ0n) is 10.6. The molecule has 1 unspecified atom stereocenters. The number of nitrogens with zero attached hydrogens (tertiary/aromatic N) is 1. The van der Waals surface area contributed by atoms with Crippen LogP contribution in [0.1, 0.15) is 25.5 Å². The Hall–Kier alpha value is -1.41. The average Bonchev–Trinajstić information content (AvgIpc) is 2.38. The van der Waals surface area contributed by atoms with E-state index in [1.54, 1.807) is 0 Å². The molecule has 2 heteroatoms. The van der Waals surface area contributed by atoms with Crippen LogP contribution in [-0.4, -0.2) is 18.1 Å². The highest BCUT2D eigenvalue weighted by atomic mass is 14.8. The van der Waals surface area contributed by atoms with E-state index >= 15 is 0 Å². The van der Waals surface area contributed by atoms with Crippen molar-refractivity contribution in [3.05, 3.63) is 42.1 Å². The van der Waals surface area contributed by atoms with Gasteiger partial charge in [-0.15, -0.1) is 0 Å².